The molecule has 0 atom stereocenters. The second kappa shape index (κ2) is 8.47. The molecule has 1 amide bonds. The first-order valence-electron chi connectivity index (χ1n) is 8.64. The highest BCUT2D eigenvalue weighted by Crippen LogP contribution is 2.20. The summed E-state index contributed by atoms with van der Waals surface area (Å²) in [5, 5.41) is 2.64. The van der Waals surface area contributed by atoms with Gasteiger partial charge in [0.1, 0.15) is 0 Å². The summed E-state index contributed by atoms with van der Waals surface area (Å²) in [5.41, 5.74) is 1.69. The number of nitrogens with zero attached hydrogens (tertiary/aromatic N) is 1. The largest absolute Gasteiger partial charge is 0.352 e. The van der Waals surface area contributed by atoms with Gasteiger partial charge < -0.3 is 10.3 Å². The normalized spacial score (nSPS) is 11.8. The third-order valence-electron chi connectivity index (χ3n) is 4.12. The van der Waals surface area contributed by atoms with Gasteiger partial charge in [0.15, 0.2) is 15.7 Å². The molecule has 1 heterocycles. The minimum atomic E-state index is -3.27. The fourth-order valence-electron chi connectivity index (χ4n) is 2.77. The van der Waals surface area contributed by atoms with Crippen LogP contribution in [0, 0.1) is 0 Å². The van der Waals surface area contributed by atoms with E-state index in [0.29, 0.717) is 11.0 Å². The van der Waals surface area contributed by atoms with Crippen molar-refractivity contribution in [2.75, 3.05) is 12.3 Å². The van der Waals surface area contributed by atoms with Crippen molar-refractivity contribution in [1.29, 1.82) is 0 Å². The van der Waals surface area contributed by atoms with Gasteiger partial charge in [0.05, 0.1) is 22.5 Å². The number of fused-ring (bicyclic) bond motifs is 1. The number of carbonyl (C=O) groups is 1. The number of aromatic nitrogens is 2. The van der Waals surface area contributed by atoms with Gasteiger partial charge in [-0.05, 0) is 30.2 Å². The van der Waals surface area contributed by atoms with E-state index in [2.05, 4.69) is 15.3 Å². The van der Waals surface area contributed by atoms with Crippen LogP contribution in [0.3, 0.4) is 0 Å². The molecule has 0 spiro atoms. The van der Waals surface area contributed by atoms with Crippen LogP contribution in [0.1, 0.15) is 34.6 Å². The molecule has 0 saturated heterocycles. The van der Waals surface area contributed by atoms with Crippen molar-refractivity contribution in [3.8, 4) is 0 Å². The van der Waals surface area contributed by atoms with Gasteiger partial charge in [-0.3, -0.25) is 4.79 Å². The van der Waals surface area contributed by atoms with Crippen LogP contribution in [0.2, 0.25) is 0 Å². The lowest BCUT2D eigenvalue weighted by Gasteiger charge is -2.07. The minimum Gasteiger partial charge on any atom is -0.352 e. The Morgan fingerprint density at radius 1 is 1.14 bits per heavy atom. The van der Waals surface area contributed by atoms with Gasteiger partial charge in [0, 0.05) is 12.1 Å². The first-order valence-corrected chi connectivity index (χ1v) is 10.5. The number of sulfone groups is 1. The van der Waals surface area contributed by atoms with Crippen LogP contribution in [0.15, 0.2) is 48.5 Å². The van der Waals surface area contributed by atoms with Gasteiger partial charge in [-0.25, -0.2) is 22.2 Å². The summed E-state index contributed by atoms with van der Waals surface area (Å²) in [6.07, 6.45) is -2.44. The molecule has 0 radical (unpaired) electrons. The van der Waals surface area contributed by atoms with E-state index in [1.807, 2.05) is 6.07 Å². The number of hydrogen-bond acceptors (Lipinski definition) is 4. The van der Waals surface area contributed by atoms with E-state index < -0.39 is 28.0 Å². The Morgan fingerprint density at radius 2 is 1.89 bits per heavy atom. The summed E-state index contributed by atoms with van der Waals surface area (Å²) >= 11 is 0. The number of rotatable bonds is 8. The summed E-state index contributed by atoms with van der Waals surface area (Å²) in [7, 11) is -3.27. The zero-order valence-corrected chi connectivity index (χ0v) is 15.7. The van der Waals surface area contributed by atoms with Crippen molar-refractivity contribution in [2.24, 2.45) is 0 Å². The van der Waals surface area contributed by atoms with Crippen LogP contribution in [0.5, 0.6) is 0 Å². The smallest absolute Gasteiger partial charge is 0.295 e. The van der Waals surface area contributed by atoms with Crippen LogP contribution in [-0.2, 0) is 15.6 Å². The third kappa shape index (κ3) is 5.13. The molecule has 2 N–H and O–H groups in total. The molecule has 0 aliphatic rings. The summed E-state index contributed by atoms with van der Waals surface area (Å²) < 4.78 is 49.6. The molecule has 1 aromatic heterocycles. The SMILES string of the molecule is O=C(NCCCS(=O)(=O)Cc1ccccc1)c1ccc2nc(C(F)F)[nH]c2c1. The molecular weight excluding hydrogens is 388 g/mol. The average molecular weight is 407 g/mol. The second-order valence-corrected chi connectivity index (χ2v) is 8.53. The Morgan fingerprint density at radius 3 is 2.61 bits per heavy atom. The molecule has 3 aromatic rings. The zero-order chi connectivity index (χ0) is 20.1. The quantitative estimate of drug-likeness (QED) is 0.561. The molecule has 0 aliphatic carbocycles. The molecule has 0 unspecified atom stereocenters. The average Bonchev–Trinajstić information content (AvgIpc) is 3.09. The van der Waals surface area contributed by atoms with Crippen molar-refractivity contribution in [1.82, 2.24) is 15.3 Å². The molecular formula is C19H19F2N3O3S. The molecule has 3 rings (SSSR count). The van der Waals surface area contributed by atoms with Gasteiger partial charge in [-0.1, -0.05) is 30.3 Å². The standard InChI is InChI=1S/C19H19F2N3O3S/c20-17(21)18-23-15-8-7-14(11-16(15)24-18)19(25)22-9-4-10-28(26,27)12-13-5-2-1-3-6-13/h1-3,5-8,11,17H,4,9-10,12H2,(H,22,25)(H,23,24). The molecule has 0 aliphatic heterocycles. The predicted molar refractivity (Wildman–Crippen MR) is 102 cm³/mol. The van der Waals surface area contributed by atoms with Crippen LogP contribution in [0.25, 0.3) is 11.0 Å². The fourth-order valence-corrected chi connectivity index (χ4v) is 4.20. The number of halogens is 2. The van der Waals surface area contributed by atoms with Crippen LogP contribution in [0.4, 0.5) is 8.78 Å². The molecule has 28 heavy (non-hydrogen) atoms. The molecule has 9 heteroatoms. The van der Waals surface area contributed by atoms with Gasteiger partial charge in [0.2, 0.25) is 0 Å². The second-order valence-electron chi connectivity index (χ2n) is 6.34. The molecule has 0 bridgehead atoms. The number of hydrogen-bond donors (Lipinski definition) is 2. The minimum absolute atomic E-state index is 0.0370. The lowest BCUT2D eigenvalue weighted by Crippen LogP contribution is -2.26. The van der Waals surface area contributed by atoms with Crippen LogP contribution < -0.4 is 5.32 Å². The number of aromatic amines is 1. The van der Waals surface area contributed by atoms with Gasteiger partial charge in [0.25, 0.3) is 12.3 Å². The van der Waals surface area contributed by atoms with Gasteiger partial charge in [-0.15, -0.1) is 0 Å². The summed E-state index contributed by atoms with van der Waals surface area (Å²) in [5.74, 6) is -0.934. The summed E-state index contributed by atoms with van der Waals surface area (Å²) in [6.45, 7) is 0.191. The van der Waals surface area contributed by atoms with E-state index in [1.165, 1.54) is 18.2 Å². The first-order chi connectivity index (χ1) is 13.3. The predicted octanol–water partition coefficient (Wildman–Crippen LogP) is 3.24. The highest BCUT2D eigenvalue weighted by atomic mass is 32.2. The van der Waals surface area contributed by atoms with E-state index in [4.69, 9.17) is 0 Å². The van der Waals surface area contributed by atoms with E-state index in [0.717, 1.165) is 5.56 Å². The molecule has 6 nitrogen and oxygen atoms in total. The van der Waals surface area contributed by atoms with E-state index in [-0.39, 0.29) is 30.0 Å². The Balaban J connectivity index is 1.52. The molecule has 0 fully saturated rings. The number of imidazole rings is 1. The Bertz CT molecular complexity index is 1070. The van der Waals surface area contributed by atoms with Crippen molar-refractivity contribution in [3.63, 3.8) is 0 Å². The van der Waals surface area contributed by atoms with Crippen LogP contribution >= 0.6 is 0 Å². The topological polar surface area (TPSA) is 91.9 Å². The molecule has 0 saturated carbocycles. The lowest BCUT2D eigenvalue weighted by atomic mass is 10.2. The Kier molecular flexibility index (Phi) is 6.03. The van der Waals surface area contributed by atoms with Crippen molar-refractivity contribution in [3.05, 3.63) is 65.5 Å². The number of carbonyl (C=O) groups excluding carboxylic acids is 1. The van der Waals surface area contributed by atoms with E-state index in [9.17, 15) is 22.0 Å². The third-order valence-corrected chi connectivity index (χ3v) is 5.80. The lowest BCUT2D eigenvalue weighted by molar-refractivity contribution is 0.0953. The van der Waals surface area contributed by atoms with Crippen molar-refractivity contribution >= 4 is 26.8 Å². The molecule has 148 valence electrons. The van der Waals surface area contributed by atoms with Crippen molar-refractivity contribution in [2.45, 2.75) is 18.6 Å². The number of alkyl halides is 2. The first kappa shape index (κ1) is 19.9. The number of amides is 1. The summed E-state index contributed by atoms with van der Waals surface area (Å²) in [4.78, 5) is 18.4. The van der Waals surface area contributed by atoms with Crippen LogP contribution in [-0.4, -0.2) is 36.6 Å². The number of H-pyrrole nitrogens is 1. The zero-order valence-electron chi connectivity index (χ0n) is 14.9. The van der Waals surface area contributed by atoms with Gasteiger partial charge >= 0.3 is 0 Å². The summed E-state index contributed by atoms with van der Waals surface area (Å²) in [6, 6.07) is 13.3. The Hall–Kier alpha value is -2.81. The van der Waals surface area contributed by atoms with Gasteiger partial charge in [-0.2, -0.15) is 0 Å². The Labute approximate surface area is 160 Å². The maximum atomic E-state index is 12.7. The van der Waals surface area contributed by atoms with E-state index >= 15 is 0 Å². The fraction of sp³-hybridized carbons (Fsp3) is 0.263. The van der Waals surface area contributed by atoms with E-state index in [1.54, 1.807) is 24.3 Å². The maximum Gasteiger partial charge on any atom is 0.295 e. The highest BCUT2D eigenvalue weighted by Gasteiger charge is 2.15. The monoisotopic (exact) mass is 407 g/mol. The maximum absolute atomic E-state index is 12.7. The molecule has 2 aromatic carbocycles. The number of nitrogens with one attached hydrogen (secondary N) is 2. The highest BCUT2D eigenvalue weighted by molar-refractivity contribution is 7.90. The number of benzene rings is 2. The van der Waals surface area contributed by atoms with Crippen molar-refractivity contribution < 1.29 is 22.0 Å².